The molecule has 162 valence electrons. The summed E-state index contributed by atoms with van der Waals surface area (Å²) in [5.41, 5.74) is 5.24. The van der Waals surface area contributed by atoms with Crippen molar-refractivity contribution < 1.29 is 17.6 Å². The Bertz CT molecular complexity index is 1470. The molecule has 0 saturated heterocycles. The highest BCUT2D eigenvalue weighted by molar-refractivity contribution is 7.91. The van der Waals surface area contributed by atoms with Gasteiger partial charge in [0, 0.05) is 23.7 Å². The summed E-state index contributed by atoms with van der Waals surface area (Å²) in [5.74, 6) is -0.379. The molecule has 0 amide bonds. The van der Waals surface area contributed by atoms with Gasteiger partial charge in [0.25, 0.3) is 0 Å². The van der Waals surface area contributed by atoms with Crippen molar-refractivity contribution in [1.29, 1.82) is 0 Å². The first-order chi connectivity index (χ1) is 15.2. The van der Waals surface area contributed by atoms with Gasteiger partial charge in [-0.15, -0.1) is 0 Å². The molecule has 0 bridgehead atoms. The van der Waals surface area contributed by atoms with E-state index in [4.69, 9.17) is 0 Å². The highest BCUT2D eigenvalue weighted by Crippen LogP contribution is 2.40. The summed E-state index contributed by atoms with van der Waals surface area (Å²) in [4.78, 5) is 13.3. The Balaban J connectivity index is 1.83. The van der Waals surface area contributed by atoms with E-state index in [2.05, 4.69) is 6.08 Å². The Morgan fingerprint density at radius 1 is 1.03 bits per heavy atom. The van der Waals surface area contributed by atoms with Gasteiger partial charge in [0.15, 0.2) is 15.6 Å². The third-order valence-electron chi connectivity index (χ3n) is 6.47. The Morgan fingerprint density at radius 3 is 2.47 bits per heavy atom. The van der Waals surface area contributed by atoms with E-state index >= 15 is 0 Å². The quantitative estimate of drug-likeness (QED) is 0.722. The van der Waals surface area contributed by atoms with Crippen molar-refractivity contribution in [3.63, 3.8) is 0 Å². The zero-order valence-electron chi connectivity index (χ0n) is 17.9. The Morgan fingerprint density at radius 2 is 1.75 bits per heavy atom. The molecule has 2 aromatic rings. The van der Waals surface area contributed by atoms with Crippen molar-refractivity contribution in [2.24, 2.45) is 0 Å². The number of fused-ring (bicyclic) bond motifs is 4. The van der Waals surface area contributed by atoms with Crippen LogP contribution in [-0.2, 0) is 9.84 Å². The lowest BCUT2D eigenvalue weighted by Gasteiger charge is -2.29. The molecular formula is C27H23FO3S. The predicted molar refractivity (Wildman–Crippen MR) is 125 cm³/mol. The molecule has 2 atom stereocenters. The van der Waals surface area contributed by atoms with Crippen LogP contribution in [0.1, 0.15) is 46.7 Å². The number of rotatable bonds is 3. The van der Waals surface area contributed by atoms with Gasteiger partial charge < -0.3 is 0 Å². The van der Waals surface area contributed by atoms with Gasteiger partial charge in [0.05, 0.1) is 5.75 Å². The SMILES string of the molecule is CC1C=CC(CS(C)(=O)=O)=c2ccc3c(c21)C(=O)C=C1C=CC[C@H](c2ccc(F)cc2)C=31. The lowest BCUT2D eigenvalue weighted by Crippen LogP contribution is -2.34. The van der Waals surface area contributed by atoms with E-state index in [0.717, 1.165) is 44.7 Å². The van der Waals surface area contributed by atoms with Crippen LogP contribution in [0.15, 0.2) is 72.4 Å². The maximum absolute atomic E-state index is 13.5. The first-order valence-electron chi connectivity index (χ1n) is 10.7. The van der Waals surface area contributed by atoms with Crippen molar-refractivity contribution in [3.8, 4) is 0 Å². The van der Waals surface area contributed by atoms with Gasteiger partial charge in [0.1, 0.15) is 5.82 Å². The van der Waals surface area contributed by atoms with Crippen molar-refractivity contribution in [2.45, 2.75) is 25.2 Å². The second kappa shape index (κ2) is 7.52. The van der Waals surface area contributed by atoms with Crippen LogP contribution in [0.4, 0.5) is 4.39 Å². The predicted octanol–water partition coefficient (Wildman–Crippen LogP) is 3.71. The molecule has 0 spiro atoms. The topological polar surface area (TPSA) is 51.2 Å². The first-order valence-corrected chi connectivity index (χ1v) is 12.7. The van der Waals surface area contributed by atoms with Crippen LogP contribution >= 0.6 is 0 Å². The summed E-state index contributed by atoms with van der Waals surface area (Å²) in [6, 6.07) is 10.5. The van der Waals surface area contributed by atoms with E-state index in [9.17, 15) is 17.6 Å². The maximum atomic E-state index is 13.5. The van der Waals surface area contributed by atoms with Gasteiger partial charge in [-0.05, 0) is 62.9 Å². The standard InChI is InChI=1S/C27H23FO3S/c1-16-6-7-19(15-32(2,30)31)22-12-13-23-26-18(14-24(29)27(23)25(16)22)4-3-5-21(26)17-8-10-20(28)11-9-17/h3-4,6-14,16,21H,5,15H2,1-2H3/t16?,21-/m1/s1. The number of carbonyl (C=O) groups is 1. The van der Waals surface area contributed by atoms with E-state index < -0.39 is 9.84 Å². The van der Waals surface area contributed by atoms with Crippen LogP contribution in [0.5, 0.6) is 0 Å². The molecule has 0 aliphatic heterocycles. The summed E-state index contributed by atoms with van der Waals surface area (Å²) in [6.07, 6.45) is 11.6. The summed E-state index contributed by atoms with van der Waals surface area (Å²) in [6.45, 7) is 2.03. The van der Waals surface area contributed by atoms with Crippen molar-refractivity contribution >= 4 is 26.8 Å². The van der Waals surface area contributed by atoms with E-state index in [1.54, 1.807) is 6.08 Å². The van der Waals surface area contributed by atoms with Gasteiger partial charge in [-0.1, -0.05) is 55.5 Å². The summed E-state index contributed by atoms with van der Waals surface area (Å²) >= 11 is 0. The normalized spacial score (nSPS) is 21.7. The van der Waals surface area contributed by atoms with Gasteiger partial charge >= 0.3 is 0 Å². The molecule has 3 nitrogen and oxygen atoms in total. The van der Waals surface area contributed by atoms with E-state index in [1.165, 1.54) is 18.4 Å². The molecule has 0 saturated carbocycles. The number of hydrogen-bond acceptors (Lipinski definition) is 3. The molecule has 2 aromatic carbocycles. The van der Waals surface area contributed by atoms with E-state index in [-0.39, 0.29) is 29.2 Å². The van der Waals surface area contributed by atoms with Gasteiger partial charge in [-0.25, -0.2) is 12.8 Å². The van der Waals surface area contributed by atoms with Crippen LogP contribution in [0, 0.1) is 5.82 Å². The summed E-state index contributed by atoms with van der Waals surface area (Å²) < 4.78 is 37.5. The van der Waals surface area contributed by atoms with Gasteiger partial charge in [0.2, 0.25) is 0 Å². The fraction of sp³-hybridized carbons (Fsp3) is 0.222. The molecular weight excluding hydrogens is 423 g/mol. The molecule has 1 unspecified atom stereocenters. The van der Waals surface area contributed by atoms with Gasteiger partial charge in [-0.3, -0.25) is 4.79 Å². The lowest BCUT2D eigenvalue weighted by atomic mass is 9.74. The number of halogens is 1. The molecule has 0 radical (unpaired) electrons. The molecule has 5 rings (SSSR count). The van der Waals surface area contributed by atoms with Crippen LogP contribution in [-0.4, -0.2) is 26.2 Å². The second-order valence-corrected chi connectivity index (χ2v) is 11.0. The Hall–Kier alpha value is -3.05. The minimum absolute atomic E-state index is 0.00818. The van der Waals surface area contributed by atoms with Gasteiger partial charge in [-0.2, -0.15) is 0 Å². The fourth-order valence-corrected chi connectivity index (χ4v) is 5.95. The summed E-state index contributed by atoms with van der Waals surface area (Å²) in [7, 11) is -3.22. The maximum Gasteiger partial charge on any atom is 0.187 e. The molecule has 0 aromatic heterocycles. The largest absolute Gasteiger partial charge is 0.289 e. The third kappa shape index (κ3) is 3.51. The number of ketones is 1. The van der Waals surface area contributed by atoms with E-state index in [1.807, 2.05) is 49.4 Å². The van der Waals surface area contributed by atoms with Crippen LogP contribution in [0.2, 0.25) is 0 Å². The fourth-order valence-electron chi connectivity index (χ4n) is 5.14. The minimum atomic E-state index is -3.22. The second-order valence-electron chi connectivity index (χ2n) is 8.81. The van der Waals surface area contributed by atoms with Crippen LogP contribution < -0.4 is 10.4 Å². The first kappa shape index (κ1) is 20.8. The van der Waals surface area contributed by atoms with Crippen LogP contribution in [0.3, 0.4) is 0 Å². The van der Waals surface area contributed by atoms with Crippen molar-refractivity contribution in [1.82, 2.24) is 0 Å². The molecule has 0 heterocycles. The number of sulfone groups is 1. The zero-order valence-corrected chi connectivity index (χ0v) is 18.7. The number of benzene rings is 2. The molecule has 32 heavy (non-hydrogen) atoms. The van der Waals surface area contributed by atoms with Crippen molar-refractivity contribution in [3.05, 3.63) is 105 Å². The molecule has 5 heteroatoms. The molecule has 3 aliphatic carbocycles. The monoisotopic (exact) mass is 446 g/mol. The smallest absolute Gasteiger partial charge is 0.187 e. The number of carbonyl (C=O) groups excluding carboxylic acids is 1. The highest BCUT2D eigenvalue weighted by Gasteiger charge is 2.30. The minimum Gasteiger partial charge on any atom is -0.289 e. The molecule has 0 N–H and O–H groups in total. The average Bonchev–Trinajstić information content (AvgIpc) is 2.74. The molecule has 0 fully saturated rings. The molecule has 3 aliphatic rings. The lowest BCUT2D eigenvalue weighted by molar-refractivity contribution is 0.104. The van der Waals surface area contributed by atoms with Crippen LogP contribution in [0.25, 0.3) is 11.1 Å². The Labute approximate surface area is 186 Å². The van der Waals surface area contributed by atoms with E-state index in [0.29, 0.717) is 5.56 Å². The average molecular weight is 447 g/mol. The third-order valence-corrected chi connectivity index (χ3v) is 7.31. The Kier molecular flexibility index (Phi) is 4.90. The number of allylic oxidation sites excluding steroid dienone is 6. The zero-order chi connectivity index (χ0) is 22.6. The number of hydrogen-bond donors (Lipinski definition) is 0. The van der Waals surface area contributed by atoms with Crippen molar-refractivity contribution in [2.75, 3.05) is 12.0 Å². The highest BCUT2D eigenvalue weighted by atomic mass is 32.2. The summed E-state index contributed by atoms with van der Waals surface area (Å²) in [5, 5.41) is 1.73.